The standard InChI is InChI=1S/C23H35N3O/c24-22-7-3-4-8-23(22)25-18-12-20-14-27-15-21(13-18)26(20)19-10-16-5-1-2-6-17(9-16)11-19/h3-4,7-8,16-21,25H,1-2,5-6,9-15,24H2/t16?,17?,18?,19?,20-,21+. The largest absolute Gasteiger partial charge is 0.397 e. The molecule has 0 spiro atoms. The maximum atomic E-state index is 6.17. The van der Waals surface area contributed by atoms with Crippen molar-refractivity contribution < 1.29 is 4.74 Å². The lowest BCUT2D eigenvalue weighted by atomic mass is 9.75. The van der Waals surface area contributed by atoms with E-state index in [1.165, 1.54) is 57.8 Å². The highest BCUT2D eigenvalue weighted by Crippen LogP contribution is 2.43. The van der Waals surface area contributed by atoms with Gasteiger partial charge in [0.15, 0.2) is 0 Å². The molecule has 0 amide bonds. The Balaban J connectivity index is 1.29. The molecule has 0 aromatic heterocycles. The predicted octanol–water partition coefficient (Wildman–Crippen LogP) is 4.27. The minimum absolute atomic E-state index is 0.510. The van der Waals surface area contributed by atoms with Gasteiger partial charge in [0.1, 0.15) is 0 Å². The smallest absolute Gasteiger partial charge is 0.0623 e. The van der Waals surface area contributed by atoms with Gasteiger partial charge < -0.3 is 15.8 Å². The lowest BCUT2D eigenvalue weighted by Crippen LogP contribution is -2.63. The van der Waals surface area contributed by atoms with Gasteiger partial charge in [-0.05, 0) is 56.1 Å². The first-order chi connectivity index (χ1) is 13.3. The molecule has 5 atom stereocenters. The monoisotopic (exact) mass is 369 g/mol. The first kappa shape index (κ1) is 17.8. The van der Waals surface area contributed by atoms with Crippen LogP contribution in [-0.2, 0) is 4.74 Å². The lowest BCUT2D eigenvalue weighted by Gasteiger charge is -2.54. The van der Waals surface area contributed by atoms with Gasteiger partial charge >= 0.3 is 0 Å². The Morgan fingerprint density at radius 2 is 1.52 bits per heavy atom. The quantitative estimate of drug-likeness (QED) is 0.781. The average molecular weight is 370 g/mol. The number of hydrogen-bond acceptors (Lipinski definition) is 4. The number of hydrogen-bond donors (Lipinski definition) is 2. The van der Waals surface area contributed by atoms with Crippen molar-refractivity contribution in [2.24, 2.45) is 11.8 Å². The first-order valence-electron chi connectivity index (χ1n) is 11.2. The molecule has 4 fully saturated rings. The van der Waals surface area contributed by atoms with E-state index in [1.54, 1.807) is 0 Å². The van der Waals surface area contributed by atoms with Gasteiger partial charge in [-0.3, -0.25) is 4.90 Å². The number of ether oxygens (including phenoxy) is 1. The van der Waals surface area contributed by atoms with Gasteiger partial charge in [0, 0.05) is 24.2 Å². The van der Waals surface area contributed by atoms with Crippen LogP contribution in [0.5, 0.6) is 0 Å². The molecule has 27 heavy (non-hydrogen) atoms. The van der Waals surface area contributed by atoms with E-state index in [1.807, 2.05) is 12.1 Å². The van der Waals surface area contributed by atoms with Crippen LogP contribution in [-0.4, -0.2) is 42.3 Å². The van der Waals surface area contributed by atoms with Crippen molar-refractivity contribution in [3.8, 4) is 0 Å². The third kappa shape index (κ3) is 3.71. The number of nitrogens with one attached hydrogen (secondary N) is 1. The molecule has 2 aliphatic carbocycles. The molecule has 4 aliphatic rings. The van der Waals surface area contributed by atoms with Gasteiger partial charge in [0.2, 0.25) is 0 Å². The molecule has 3 unspecified atom stereocenters. The fraction of sp³-hybridized carbons (Fsp3) is 0.739. The molecule has 4 heteroatoms. The van der Waals surface area contributed by atoms with Crippen LogP contribution in [0.2, 0.25) is 0 Å². The summed E-state index contributed by atoms with van der Waals surface area (Å²) in [6.45, 7) is 1.82. The van der Waals surface area contributed by atoms with E-state index in [2.05, 4.69) is 22.3 Å². The summed E-state index contributed by atoms with van der Waals surface area (Å²) in [6, 6.07) is 10.6. The molecular formula is C23H35N3O. The maximum Gasteiger partial charge on any atom is 0.0623 e. The molecule has 4 bridgehead atoms. The molecule has 2 saturated heterocycles. The van der Waals surface area contributed by atoms with E-state index < -0.39 is 0 Å². The maximum absolute atomic E-state index is 6.17. The third-order valence-electron chi connectivity index (χ3n) is 7.67. The van der Waals surface area contributed by atoms with Gasteiger partial charge in [-0.25, -0.2) is 0 Å². The van der Waals surface area contributed by atoms with E-state index in [4.69, 9.17) is 10.5 Å². The first-order valence-corrected chi connectivity index (χ1v) is 11.2. The number of benzene rings is 1. The van der Waals surface area contributed by atoms with Crippen molar-refractivity contribution in [3.63, 3.8) is 0 Å². The van der Waals surface area contributed by atoms with Crippen molar-refractivity contribution >= 4 is 11.4 Å². The van der Waals surface area contributed by atoms with E-state index in [0.29, 0.717) is 18.1 Å². The van der Waals surface area contributed by atoms with Gasteiger partial charge in [-0.1, -0.05) is 37.8 Å². The second-order valence-electron chi connectivity index (χ2n) is 9.57. The van der Waals surface area contributed by atoms with E-state index in [0.717, 1.165) is 42.5 Å². The van der Waals surface area contributed by atoms with Crippen LogP contribution < -0.4 is 11.1 Å². The highest BCUT2D eigenvalue weighted by Gasteiger charge is 2.45. The van der Waals surface area contributed by atoms with E-state index in [-0.39, 0.29) is 0 Å². The molecule has 148 valence electrons. The highest BCUT2D eigenvalue weighted by atomic mass is 16.5. The summed E-state index contributed by atoms with van der Waals surface area (Å²) < 4.78 is 6.00. The molecule has 0 radical (unpaired) electrons. The number of rotatable bonds is 3. The van der Waals surface area contributed by atoms with Crippen molar-refractivity contribution in [2.75, 3.05) is 24.3 Å². The zero-order valence-corrected chi connectivity index (χ0v) is 16.5. The van der Waals surface area contributed by atoms with Gasteiger partial charge in [-0.15, -0.1) is 0 Å². The fourth-order valence-electron chi connectivity index (χ4n) is 6.62. The number of morpholine rings is 1. The summed E-state index contributed by atoms with van der Waals surface area (Å²) in [5.41, 5.74) is 8.12. The van der Waals surface area contributed by atoms with Crippen LogP contribution in [0.3, 0.4) is 0 Å². The van der Waals surface area contributed by atoms with E-state index in [9.17, 15) is 0 Å². The number of nitrogens with zero attached hydrogens (tertiary/aromatic N) is 1. The van der Waals surface area contributed by atoms with Crippen LogP contribution in [0.15, 0.2) is 24.3 Å². The summed E-state index contributed by atoms with van der Waals surface area (Å²) in [4.78, 5) is 2.92. The minimum atomic E-state index is 0.510. The summed E-state index contributed by atoms with van der Waals surface area (Å²) in [7, 11) is 0. The third-order valence-corrected chi connectivity index (χ3v) is 7.67. The second-order valence-corrected chi connectivity index (χ2v) is 9.57. The zero-order chi connectivity index (χ0) is 18.2. The number of nitrogen functional groups attached to an aromatic ring is 1. The van der Waals surface area contributed by atoms with Crippen LogP contribution in [0.1, 0.15) is 57.8 Å². The Morgan fingerprint density at radius 3 is 2.19 bits per heavy atom. The normalized spacial score (nSPS) is 39.6. The number of anilines is 2. The number of piperidine rings is 1. The van der Waals surface area contributed by atoms with Crippen LogP contribution in [0, 0.1) is 11.8 Å². The molecular weight excluding hydrogens is 334 g/mol. The molecule has 5 rings (SSSR count). The molecule has 2 aliphatic heterocycles. The molecule has 1 aromatic rings. The summed E-state index contributed by atoms with van der Waals surface area (Å²) in [5, 5.41) is 3.74. The summed E-state index contributed by atoms with van der Waals surface area (Å²) in [6.07, 6.45) is 12.6. The number of fused-ring (bicyclic) bond motifs is 4. The van der Waals surface area contributed by atoms with E-state index >= 15 is 0 Å². The van der Waals surface area contributed by atoms with Gasteiger partial charge in [-0.2, -0.15) is 0 Å². The van der Waals surface area contributed by atoms with Crippen molar-refractivity contribution in [1.29, 1.82) is 0 Å². The lowest BCUT2D eigenvalue weighted by molar-refractivity contribution is -0.108. The zero-order valence-electron chi connectivity index (χ0n) is 16.5. The van der Waals surface area contributed by atoms with Crippen molar-refractivity contribution in [2.45, 2.75) is 82.0 Å². The molecule has 4 nitrogen and oxygen atoms in total. The number of para-hydroxylation sites is 2. The summed E-state index contributed by atoms with van der Waals surface area (Å²) in [5.74, 6) is 1.97. The predicted molar refractivity (Wildman–Crippen MR) is 111 cm³/mol. The Kier molecular flexibility index (Phi) is 5.04. The Labute approximate surface area is 163 Å². The van der Waals surface area contributed by atoms with Crippen molar-refractivity contribution in [1.82, 2.24) is 4.90 Å². The molecule has 2 heterocycles. The molecule has 2 saturated carbocycles. The Hall–Kier alpha value is -1.26. The summed E-state index contributed by atoms with van der Waals surface area (Å²) >= 11 is 0. The minimum Gasteiger partial charge on any atom is -0.397 e. The topological polar surface area (TPSA) is 50.5 Å². The van der Waals surface area contributed by atoms with Gasteiger partial charge in [0.05, 0.1) is 24.6 Å². The van der Waals surface area contributed by atoms with Crippen molar-refractivity contribution in [3.05, 3.63) is 24.3 Å². The van der Waals surface area contributed by atoms with Crippen LogP contribution >= 0.6 is 0 Å². The SMILES string of the molecule is Nc1ccccc1NC1C[C@H]2COC[C@@H](C1)N2C1CC2CCCCC(C2)C1. The van der Waals surface area contributed by atoms with Gasteiger partial charge in [0.25, 0.3) is 0 Å². The Bertz CT molecular complexity index is 622. The fourth-order valence-corrected chi connectivity index (χ4v) is 6.62. The highest BCUT2D eigenvalue weighted by molar-refractivity contribution is 5.66. The number of nitrogens with two attached hydrogens (primary N) is 1. The van der Waals surface area contributed by atoms with Crippen LogP contribution in [0.4, 0.5) is 11.4 Å². The second kappa shape index (κ2) is 7.63. The average Bonchev–Trinajstić information content (AvgIpc) is 2.82. The molecule has 1 aromatic carbocycles. The molecule has 3 N–H and O–H groups in total. The van der Waals surface area contributed by atoms with Crippen LogP contribution in [0.25, 0.3) is 0 Å². The Morgan fingerprint density at radius 1 is 0.852 bits per heavy atom.